The Kier molecular flexibility index (Phi) is 7.47. The lowest BCUT2D eigenvalue weighted by molar-refractivity contribution is -0.163. The van der Waals surface area contributed by atoms with Gasteiger partial charge in [0.05, 0.1) is 0 Å². The van der Waals surface area contributed by atoms with Gasteiger partial charge >= 0.3 is 5.97 Å². The van der Waals surface area contributed by atoms with Crippen LogP contribution in [0.2, 0.25) is 0 Å². The maximum absolute atomic E-state index is 13.5. The molecule has 3 nitrogen and oxygen atoms in total. The molecule has 0 unspecified atom stereocenters. The predicted molar refractivity (Wildman–Crippen MR) is 120 cm³/mol. The molecule has 30 heavy (non-hydrogen) atoms. The Balaban J connectivity index is 1.93. The highest BCUT2D eigenvalue weighted by Gasteiger charge is 2.40. The number of carbonyl (C=O) groups excluding carboxylic acids is 2. The molecule has 3 rings (SSSR count). The predicted octanol–water partition coefficient (Wildman–Crippen LogP) is 6.03. The number of ketones is 1. The van der Waals surface area contributed by atoms with Gasteiger partial charge in [-0.15, -0.1) is 0 Å². The Bertz CT molecular complexity index is 788. The largest absolute Gasteiger partial charge is 0.461 e. The van der Waals surface area contributed by atoms with E-state index in [1.54, 1.807) is 0 Å². The summed E-state index contributed by atoms with van der Waals surface area (Å²) in [4.78, 5) is 26.3. The Hall–Kier alpha value is -2.42. The molecule has 0 amide bonds. The van der Waals surface area contributed by atoms with Crippen LogP contribution in [0.15, 0.2) is 60.7 Å². The number of carbonyl (C=O) groups is 2. The first-order valence-electron chi connectivity index (χ1n) is 11.2. The van der Waals surface area contributed by atoms with Crippen LogP contribution in [0.4, 0.5) is 0 Å². The van der Waals surface area contributed by atoms with Gasteiger partial charge in [0.25, 0.3) is 0 Å². The van der Waals surface area contributed by atoms with Crippen molar-refractivity contribution in [1.82, 2.24) is 0 Å². The van der Waals surface area contributed by atoms with Crippen molar-refractivity contribution in [1.29, 1.82) is 0 Å². The van der Waals surface area contributed by atoms with Gasteiger partial charge in [0, 0.05) is 5.92 Å². The van der Waals surface area contributed by atoms with Gasteiger partial charge in [-0.3, -0.25) is 9.59 Å². The third-order valence-corrected chi connectivity index (χ3v) is 6.57. The van der Waals surface area contributed by atoms with Gasteiger partial charge in [-0.1, -0.05) is 87.9 Å². The normalized spacial score (nSPS) is 22.7. The van der Waals surface area contributed by atoms with Crippen molar-refractivity contribution in [2.45, 2.75) is 59.0 Å². The molecule has 0 saturated heterocycles. The molecule has 0 radical (unpaired) electrons. The summed E-state index contributed by atoms with van der Waals surface area (Å²) >= 11 is 0. The zero-order valence-corrected chi connectivity index (χ0v) is 18.6. The monoisotopic (exact) mass is 406 g/mol. The molecule has 0 aromatic heterocycles. The lowest BCUT2D eigenvalue weighted by Crippen LogP contribution is -2.40. The van der Waals surface area contributed by atoms with Crippen molar-refractivity contribution in [2.75, 3.05) is 0 Å². The highest BCUT2D eigenvalue weighted by Crippen LogP contribution is 2.38. The molecule has 1 fully saturated rings. The molecule has 0 bridgehead atoms. The third-order valence-electron chi connectivity index (χ3n) is 6.57. The summed E-state index contributed by atoms with van der Waals surface area (Å²) in [6, 6.07) is 19.6. The average Bonchev–Trinajstić information content (AvgIpc) is 2.72. The van der Waals surface area contributed by atoms with E-state index in [1.165, 1.54) is 13.3 Å². The Morgan fingerprint density at radius 1 is 0.900 bits per heavy atom. The van der Waals surface area contributed by atoms with Crippen LogP contribution in [-0.2, 0) is 14.3 Å². The van der Waals surface area contributed by atoms with Crippen LogP contribution in [0.5, 0.6) is 0 Å². The molecule has 1 saturated carbocycles. The molecule has 160 valence electrons. The number of Topliss-reactive ketones (excluding diaryl/α,β-unsaturated/α-hetero) is 1. The zero-order chi connectivity index (χ0) is 21.7. The van der Waals surface area contributed by atoms with E-state index < -0.39 is 5.92 Å². The Labute approximate surface area is 180 Å². The van der Waals surface area contributed by atoms with E-state index >= 15 is 0 Å². The van der Waals surface area contributed by atoms with Crippen LogP contribution in [0, 0.1) is 23.7 Å². The fourth-order valence-corrected chi connectivity index (χ4v) is 4.91. The van der Waals surface area contributed by atoms with Crippen molar-refractivity contribution < 1.29 is 14.3 Å². The minimum Gasteiger partial charge on any atom is -0.461 e. The summed E-state index contributed by atoms with van der Waals surface area (Å²) in [6.45, 7) is 8.12. The van der Waals surface area contributed by atoms with Gasteiger partial charge in [-0.25, -0.2) is 0 Å². The van der Waals surface area contributed by atoms with E-state index in [2.05, 4.69) is 20.8 Å². The smallest absolute Gasteiger partial charge is 0.317 e. The Morgan fingerprint density at radius 3 is 1.90 bits per heavy atom. The lowest BCUT2D eigenvalue weighted by Gasteiger charge is -2.37. The maximum atomic E-state index is 13.5. The Morgan fingerprint density at radius 2 is 1.43 bits per heavy atom. The lowest BCUT2D eigenvalue weighted by atomic mass is 9.75. The van der Waals surface area contributed by atoms with Gasteiger partial charge in [-0.05, 0) is 48.6 Å². The fraction of sp³-hybridized carbons (Fsp3) is 0.481. The highest BCUT2D eigenvalue weighted by atomic mass is 16.5. The molecule has 0 spiro atoms. The standard InChI is InChI=1S/C27H34O3/c1-18(2)23-16-15-19(3)17-24(23)30-27(29)25(20(4)28)26(21-11-7-5-8-12-21)22-13-9-6-10-14-22/h5-14,18-19,23-26H,15-17H2,1-4H3/t19-,23-,24-,25-/m1/s1. The van der Waals surface area contributed by atoms with Gasteiger partial charge in [0.1, 0.15) is 17.8 Å². The van der Waals surface area contributed by atoms with Gasteiger partial charge in [0.2, 0.25) is 0 Å². The summed E-state index contributed by atoms with van der Waals surface area (Å²) in [5, 5.41) is 0. The van der Waals surface area contributed by atoms with Crippen LogP contribution in [0.1, 0.15) is 64.0 Å². The second kappa shape index (κ2) is 10.1. The van der Waals surface area contributed by atoms with Crippen LogP contribution >= 0.6 is 0 Å². The molecule has 0 N–H and O–H groups in total. The molecule has 1 aliphatic carbocycles. The number of hydrogen-bond donors (Lipinski definition) is 0. The first kappa shape index (κ1) is 22.3. The number of hydrogen-bond acceptors (Lipinski definition) is 3. The van der Waals surface area contributed by atoms with E-state index in [0.29, 0.717) is 17.8 Å². The summed E-state index contributed by atoms with van der Waals surface area (Å²) in [7, 11) is 0. The van der Waals surface area contributed by atoms with E-state index in [4.69, 9.17) is 4.74 Å². The van der Waals surface area contributed by atoms with Crippen LogP contribution < -0.4 is 0 Å². The van der Waals surface area contributed by atoms with Crippen molar-refractivity contribution in [3.63, 3.8) is 0 Å². The van der Waals surface area contributed by atoms with E-state index in [0.717, 1.165) is 24.0 Å². The molecule has 4 atom stereocenters. The number of benzene rings is 2. The van der Waals surface area contributed by atoms with Crippen LogP contribution in [0.25, 0.3) is 0 Å². The van der Waals surface area contributed by atoms with Gasteiger partial charge in [-0.2, -0.15) is 0 Å². The molecule has 0 aliphatic heterocycles. The van der Waals surface area contributed by atoms with Crippen molar-refractivity contribution in [3.05, 3.63) is 71.8 Å². The molecule has 3 heteroatoms. The molecule has 1 aliphatic rings. The van der Waals surface area contributed by atoms with Gasteiger partial charge < -0.3 is 4.74 Å². The number of rotatable bonds is 7. The number of ether oxygens (including phenoxy) is 1. The maximum Gasteiger partial charge on any atom is 0.317 e. The van der Waals surface area contributed by atoms with E-state index in [1.807, 2.05) is 60.7 Å². The topological polar surface area (TPSA) is 43.4 Å². The summed E-state index contributed by atoms with van der Waals surface area (Å²) in [5.41, 5.74) is 1.91. The SMILES string of the molecule is CC(=O)[C@@H](C(=O)O[C@@H]1C[C@H](C)CC[C@@H]1C(C)C)C(c1ccccc1)c1ccccc1. The molecule has 2 aromatic rings. The molecule has 0 heterocycles. The molecular weight excluding hydrogens is 372 g/mol. The average molecular weight is 407 g/mol. The summed E-state index contributed by atoms with van der Waals surface area (Å²) in [5.74, 6) is -0.397. The van der Waals surface area contributed by atoms with Crippen molar-refractivity contribution in [3.8, 4) is 0 Å². The third kappa shape index (κ3) is 5.19. The van der Waals surface area contributed by atoms with E-state index in [9.17, 15) is 9.59 Å². The quantitative estimate of drug-likeness (QED) is 0.417. The van der Waals surface area contributed by atoms with Crippen LogP contribution in [-0.4, -0.2) is 17.9 Å². The fourth-order valence-electron chi connectivity index (χ4n) is 4.91. The minimum absolute atomic E-state index is 0.115. The summed E-state index contributed by atoms with van der Waals surface area (Å²) < 4.78 is 6.12. The first-order chi connectivity index (χ1) is 14.4. The second-order valence-corrected chi connectivity index (χ2v) is 9.19. The zero-order valence-electron chi connectivity index (χ0n) is 18.6. The molecule has 2 aromatic carbocycles. The molecular formula is C27H34O3. The van der Waals surface area contributed by atoms with Crippen LogP contribution in [0.3, 0.4) is 0 Å². The van der Waals surface area contributed by atoms with E-state index in [-0.39, 0.29) is 23.8 Å². The first-order valence-corrected chi connectivity index (χ1v) is 11.2. The van der Waals surface area contributed by atoms with Crippen molar-refractivity contribution >= 4 is 11.8 Å². The number of esters is 1. The van der Waals surface area contributed by atoms with Crippen molar-refractivity contribution in [2.24, 2.45) is 23.7 Å². The summed E-state index contributed by atoms with van der Waals surface area (Å²) in [6.07, 6.45) is 3.00. The van der Waals surface area contributed by atoms with Gasteiger partial charge in [0.15, 0.2) is 0 Å². The highest BCUT2D eigenvalue weighted by molar-refractivity contribution is 5.99. The second-order valence-electron chi connectivity index (χ2n) is 9.19. The minimum atomic E-state index is -0.847.